The summed E-state index contributed by atoms with van der Waals surface area (Å²) in [5.74, 6) is -0.132. The summed E-state index contributed by atoms with van der Waals surface area (Å²) in [6, 6.07) is 8.41. The molecule has 0 radical (unpaired) electrons. The average molecular weight is 422 g/mol. The van der Waals surface area contributed by atoms with E-state index in [9.17, 15) is 22.8 Å². The SMILES string of the molecule is CC(=O)Oc1ccc(C(=O)NC2CCC(Oc3ccc(C(F)(F)F)cn3)CC2)cc1. The topological polar surface area (TPSA) is 77.5 Å². The van der Waals surface area contributed by atoms with Crippen LogP contribution in [0.3, 0.4) is 0 Å². The number of esters is 1. The fraction of sp³-hybridized carbons (Fsp3) is 0.381. The van der Waals surface area contributed by atoms with Crippen LogP contribution in [0.15, 0.2) is 42.6 Å². The van der Waals surface area contributed by atoms with Crippen molar-refractivity contribution >= 4 is 11.9 Å². The Kier molecular flexibility index (Phi) is 6.59. The standard InChI is InChI=1S/C21H21F3N2O4/c1-13(27)29-17-7-2-14(3-8-17)20(28)26-16-5-9-18(10-6-16)30-19-11-4-15(12-25-19)21(22,23)24/h2-4,7-8,11-12,16,18H,5-6,9-10H2,1H3,(H,26,28). The van der Waals surface area contributed by atoms with E-state index in [2.05, 4.69) is 10.3 Å². The molecule has 1 aliphatic carbocycles. The van der Waals surface area contributed by atoms with E-state index in [1.807, 2.05) is 0 Å². The second-order valence-corrected chi connectivity index (χ2v) is 7.07. The Hall–Kier alpha value is -3.10. The van der Waals surface area contributed by atoms with Crippen LogP contribution in [-0.4, -0.2) is 29.0 Å². The average Bonchev–Trinajstić information content (AvgIpc) is 2.69. The highest BCUT2D eigenvalue weighted by Gasteiger charge is 2.31. The first kappa shape index (κ1) is 21.6. The lowest BCUT2D eigenvalue weighted by Crippen LogP contribution is -2.39. The number of hydrogen-bond donors (Lipinski definition) is 1. The van der Waals surface area contributed by atoms with Crippen molar-refractivity contribution in [2.45, 2.75) is 50.9 Å². The molecular weight excluding hydrogens is 401 g/mol. The Morgan fingerprint density at radius 1 is 1.03 bits per heavy atom. The lowest BCUT2D eigenvalue weighted by Gasteiger charge is -2.29. The number of carbonyl (C=O) groups is 2. The first-order valence-electron chi connectivity index (χ1n) is 9.50. The molecule has 1 aromatic carbocycles. The molecule has 1 amide bonds. The maximum Gasteiger partial charge on any atom is 0.417 e. The fourth-order valence-corrected chi connectivity index (χ4v) is 3.22. The predicted octanol–water partition coefficient (Wildman–Crippen LogP) is 4.15. The van der Waals surface area contributed by atoms with Gasteiger partial charge in [0.15, 0.2) is 0 Å². The quantitative estimate of drug-likeness (QED) is 0.579. The highest BCUT2D eigenvalue weighted by atomic mass is 19.4. The van der Waals surface area contributed by atoms with Crippen molar-refractivity contribution in [1.29, 1.82) is 0 Å². The third kappa shape index (κ3) is 5.95. The molecular formula is C21H21F3N2O4. The summed E-state index contributed by atoms with van der Waals surface area (Å²) in [5, 5.41) is 2.96. The molecule has 0 spiro atoms. The van der Waals surface area contributed by atoms with Crippen LogP contribution in [0.25, 0.3) is 0 Å². The van der Waals surface area contributed by atoms with Crippen LogP contribution >= 0.6 is 0 Å². The lowest BCUT2D eigenvalue weighted by molar-refractivity contribution is -0.138. The number of pyridine rings is 1. The van der Waals surface area contributed by atoms with E-state index in [0.717, 1.165) is 12.3 Å². The summed E-state index contributed by atoms with van der Waals surface area (Å²) < 4.78 is 48.4. The summed E-state index contributed by atoms with van der Waals surface area (Å²) in [6.07, 6.45) is -1.16. The Labute approximate surface area is 171 Å². The molecule has 0 atom stereocenters. The molecule has 1 fully saturated rings. The number of amides is 1. The van der Waals surface area contributed by atoms with Crippen LogP contribution in [0.2, 0.25) is 0 Å². The Bertz CT molecular complexity index is 875. The molecule has 0 bridgehead atoms. The van der Waals surface area contributed by atoms with Crippen molar-refractivity contribution < 1.29 is 32.2 Å². The molecule has 0 unspecified atom stereocenters. The molecule has 0 aliphatic heterocycles. The van der Waals surface area contributed by atoms with Gasteiger partial charge in [-0.2, -0.15) is 13.2 Å². The van der Waals surface area contributed by atoms with Crippen molar-refractivity contribution in [3.05, 3.63) is 53.7 Å². The minimum Gasteiger partial charge on any atom is -0.474 e. The zero-order chi connectivity index (χ0) is 21.7. The van der Waals surface area contributed by atoms with Crippen LogP contribution in [0.1, 0.15) is 48.5 Å². The second kappa shape index (κ2) is 9.15. The van der Waals surface area contributed by atoms with E-state index < -0.39 is 17.7 Å². The lowest BCUT2D eigenvalue weighted by atomic mass is 9.92. The molecule has 3 rings (SSSR count). The number of nitrogens with one attached hydrogen (secondary N) is 1. The van der Waals surface area contributed by atoms with Crippen molar-refractivity contribution in [3.63, 3.8) is 0 Å². The summed E-state index contributed by atoms with van der Waals surface area (Å²) >= 11 is 0. The molecule has 30 heavy (non-hydrogen) atoms. The van der Waals surface area contributed by atoms with Gasteiger partial charge in [0.1, 0.15) is 11.9 Å². The number of rotatable bonds is 5. The van der Waals surface area contributed by atoms with E-state index in [0.29, 0.717) is 37.0 Å². The Balaban J connectivity index is 1.46. The van der Waals surface area contributed by atoms with E-state index in [1.54, 1.807) is 24.3 Å². The number of alkyl halides is 3. The monoisotopic (exact) mass is 422 g/mol. The van der Waals surface area contributed by atoms with Crippen LogP contribution in [0, 0.1) is 0 Å². The largest absolute Gasteiger partial charge is 0.474 e. The van der Waals surface area contributed by atoms with E-state index in [-0.39, 0.29) is 23.9 Å². The minimum absolute atomic E-state index is 0.0222. The smallest absolute Gasteiger partial charge is 0.417 e. The zero-order valence-corrected chi connectivity index (χ0v) is 16.2. The molecule has 160 valence electrons. The third-order valence-electron chi connectivity index (χ3n) is 4.74. The van der Waals surface area contributed by atoms with Gasteiger partial charge < -0.3 is 14.8 Å². The van der Waals surface area contributed by atoms with Crippen molar-refractivity contribution in [2.24, 2.45) is 0 Å². The van der Waals surface area contributed by atoms with Gasteiger partial charge in [0.2, 0.25) is 5.88 Å². The first-order chi connectivity index (χ1) is 14.2. The van der Waals surface area contributed by atoms with Gasteiger partial charge in [-0.25, -0.2) is 4.98 Å². The van der Waals surface area contributed by atoms with E-state index in [1.165, 1.54) is 13.0 Å². The van der Waals surface area contributed by atoms with Gasteiger partial charge in [0.25, 0.3) is 5.91 Å². The molecule has 1 heterocycles. The Morgan fingerprint density at radius 2 is 1.70 bits per heavy atom. The molecule has 2 aromatic rings. The van der Waals surface area contributed by atoms with Gasteiger partial charge in [0.05, 0.1) is 5.56 Å². The summed E-state index contributed by atoms with van der Waals surface area (Å²) in [5.41, 5.74) is -0.361. The number of halogens is 3. The number of hydrogen-bond acceptors (Lipinski definition) is 5. The van der Waals surface area contributed by atoms with E-state index >= 15 is 0 Å². The fourth-order valence-electron chi connectivity index (χ4n) is 3.22. The number of carbonyl (C=O) groups excluding carboxylic acids is 2. The molecule has 1 N–H and O–H groups in total. The molecule has 0 saturated heterocycles. The van der Waals surface area contributed by atoms with Crippen LogP contribution in [0.5, 0.6) is 11.6 Å². The summed E-state index contributed by atoms with van der Waals surface area (Å²) in [4.78, 5) is 27.0. The van der Waals surface area contributed by atoms with Gasteiger partial charge in [-0.1, -0.05) is 0 Å². The number of nitrogens with zero attached hydrogens (tertiary/aromatic N) is 1. The van der Waals surface area contributed by atoms with Gasteiger partial charge in [0, 0.05) is 30.8 Å². The summed E-state index contributed by atoms with van der Waals surface area (Å²) in [7, 11) is 0. The number of ether oxygens (including phenoxy) is 2. The molecule has 1 aromatic heterocycles. The van der Waals surface area contributed by atoms with Crippen molar-refractivity contribution in [1.82, 2.24) is 10.3 Å². The predicted molar refractivity (Wildman–Crippen MR) is 101 cm³/mol. The highest BCUT2D eigenvalue weighted by Crippen LogP contribution is 2.30. The first-order valence-corrected chi connectivity index (χ1v) is 9.50. The molecule has 1 aliphatic rings. The van der Waals surface area contributed by atoms with Gasteiger partial charge in [-0.05, 0) is 56.0 Å². The van der Waals surface area contributed by atoms with Gasteiger partial charge >= 0.3 is 12.1 Å². The normalized spacial score (nSPS) is 19.1. The Morgan fingerprint density at radius 3 is 2.23 bits per heavy atom. The van der Waals surface area contributed by atoms with Gasteiger partial charge in [-0.3, -0.25) is 9.59 Å². The van der Waals surface area contributed by atoms with E-state index in [4.69, 9.17) is 9.47 Å². The van der Waals surface area contributed by atoms with Crippen molar-refractivity contribution in [2.75, 3.05) is 0 Å². The maximum atomic E-state index is 12.6. The van der Waals surface area contributed by atoms with Crippen molar-refractivity contribution in [3.8, 4) is 11.6 Å². The maximum absolute atomic E-state index is 12.6. The van der Waals surface area contributed by atoms with Crippen LogP contribution < -0.4 is 14.8 Å². The zero-order valence-electron chi connectivity index (χ0n) is 16.2. The highest BCUT2D eigenvalue weighted by molar-refractivity contribution is 5.94. The summed E-state index contributed by atoms with van der Waals surface area (Å²) in [6.45, 7) is 1.30. The minimum atomic E-state index is -4.43. The third-order valence-corrected chi connectivity index (χ3v) is 4.74. The van der Waals surface area contributed by atoms with Crippen LogP contribution in [0.4, 0.5) is 13.2 Å². The second-order valence-electron chi connectivity index (χ2n) is 7.07. The number of benzene rings is 1. The molecule has 9 heteroatoms. The van der Waals surface area contributed by atoms with Gasteiger partial charge in [-0.15, -0.1) is 0 Å². The van der Waals surface area contributed by atoms with Crippen LogP contribution in [-0.2, 0) is 11.0 Å². The molecule has 1 saturated carbocycles. The number of aromatic nitrogens is 1. The molecule has 6 nitrogen and oxygen atoms in total.